The van der Waals surface area contributed by atoms with Crippen molar-refractivity contribution in [3.8, 4) is 0 Å². The van der Waals surface area contributed by atoms with Crippen molar-refractivity contribution in [3.05, 3.63) is 52.8 Å². The van der Waals surface area contributed by atoms with E-state index in [-0.39, 0.29) is 12.5 Å². The Morgan fingerprint density at radius 1 is 1.22 bits per heavy atom. The molecule has 2 heterocycles. The monoisotopic (exact) mass is 368 g/mol. The lowest BCUT2D eigenvalue weighted by Crippen LogP contribution is -2.35. The minimum absolute atomic E-state index is 0.0224. The van der Waals surface area contributed by atoms with Gasteiger partial charge >= 0.3 is 0 Å². The summed E-state index contributed by atoms with van der Waals surface area (Å²) in [6.45, 7) is 3.29. The molecule has 0 radical (unpaired) electrons. The van der Waals surface area contributed by atoms with Crippen molar-refractivity contribution in [1.82, 2.24) is 20.0 Å². The van der Waals surface area contributed by atoms with Crippen LogP contribution in [0.1, 0.15) is 35.4 Å². The van der Waals surface area contributed by atoms with Crippen molar-refractivity contribution < 1.29 is 9.90 Å². The normalized spacial score (nSPS) is 17.4. The topological polar surface area (TPSA) is 70.4 Å². The van der Waals surface area contributed by atoms with Crippen LogP contribution in [-0.2, 0) is 37.1 Å². The van der Waals surface area contributed by atoms with Crippen LogP contribution in [0.4, 0.5) is 0 Å². The Balaban J connectivity index is 1.38. The zero-order chi connectivity index (χ0) is 18.6. The number of aliphatic hydroxyl groups excluding tert-OH is 1. The molecule has 27 heavy (non-hydrogen) atoms. The number of carbonyl (C=O) groups excluding carboxylic acids is 1. The summed E-state index contributed by atoms with van der Waals surface area (Å²) in [5, 5.41) is 16.2. The summed E-state index contributed by atoms with van der Waals surface area (Å²) < 4.78 is 2.13. The van der Waals surface area contributed by atoms with E-state index in [1.54, 1.807) is 0 Å². The summed E-state index contributed by atoms with van der Waals surface area (Å²) >= 11 is 0. The van der Waals surface area contributed by atoms with E-state index in [0.717, 1.165) is 44.6 Å². The van der Waals surface area contributed by atoms with Crippen molar-refractivity contribution in [2.75, 3.05) is 19.7 Å². The van der Waals surface area contributed by atoms with Crippen molar-refractivity contribution in [1.29, 1.82) is 0 Å². The molecule has 1 aliphatic carbocycles. The first-order chi connectivity index (χ1) is 13.2. The van der Waals surface area contributed by atoms with E-state index in [9.17, 15) is 4.79 Å². The SMILES string of the molecule is O=C(CCc1cc2n(n1)CCCN(C1Cc3ccccc3C1)C2)NCCO. The molecular formula is C21H28N4O2. The summed E-state index contributed by atoms with van der Waals surface area (Å²) in [5.74, 6) is -0.0300. The van der Waals surface area contributed by atoms with Crippen molar-refractivity contribution >= 4 is 5.91 Å². The number of fused-ring (bicyclic) bond motifs is 2. The standard InChI is InChI=1S/C21H28N4O2/c26-11-8-22-21(27)7-6-18-14-20-15-24(9-3-10-25(20)23-18)19-12-16-4-1-2-5-17(16)13-19/h1-2,4-5,14,19,26H,3,6-13,15H2,(H,22,27). The summed E-state index contributed by atoms with van der Waals surface area (Å²) in [6, 6.07) is 11.6. The van der Waals surface area contributed by atoms with Gasteiger partial charge < -0.3 is 10.4 Å². The number of carbonyl (C=O) groups is 1. The van der Waals surface area contributed by atoms with Gasteiger partial charge in [-0.2, -0.15) is 5.10 Å². The summed E-state index contributed by atoms with van der Waals surface area (Å²) in [6.07, 6.45) is 4.45. The van der Waals surface area contributed by atoms with Crippen molar-refractivity contribution in [2.24, 2.45) is 0 Å². The van der Waals surface area contributed by atoms with E-state index in [4.69, 9.17) is 10.2 Å². The van der Waals surface area contributed by atoms with E-state index in [2.05, 4.69) is 45.2 Å². The van der Waals surface area contributed by atoms with Gasteiger partial charge in [-0.1, -0.05) is 24.3 Å². The number of hydrogen-bond acceptors (Lipinski definition) is 4. The molecule has 2 aliphatic rings. The van der Waals surface area contributed by atoms with Gasteiger partial charge in [0.1, 0.15) is 0 Å². The Labute approximate surface area is 160 Å². The Morgan fingerprint density at radius 3 is 2.74 bits per heavy atom. The van der Waals surface area contributed by atoms with Crippen LogP contribution >= 0.6 is 0 Å². The Hall–Kier alpha value is -2.18. The number of nitrogens with one attached hydrogen (secondary N) is 1. The second-order valence-corrected chi connectivity index (χ2v) is 7.58. The Kier molecular flexibility index (Phi) is 5.55. The molecule has 1 aromatic heterocycles. The highest BCUT2D eigenvalue weighted by Gasteiger charge is 2.28. The fourth-order valence-electron chi connectivity index (χ4n) is 4.30. The zero-order valence-corrected chi connectivity index (χ0v) is 15.7. The second-order valence-electron chi connectivity index (χ2n) is 7.58. The molecule has 0 saturated carbocycles. The number of amides is 1. The number of rotatable bonds is 6. The van der Waals surface area contributed by atoms with Crippen molar-refractivity contribution in [3.63, 3.8) is 0 Å². The highest BCUT2D eigenvalue weighted by molar-refractivity contribution is 5.76. The van der Waals surface area contributed by atoms with Crippen LogP contribution in [0.25, 0.3) is 0 Å². The van der Waals surface area contributed by atoms with E-state index in [0.29, 0.717) is 25.4 Å². The molecule has 0 bridgehead atoms. The molecule has 1 amide bonds. The number of hydrogen-bond donors (Lipinski definition) is 2. The number of aliphatic hydroxyl groups is 1. The Morgan fingerprint density at radius 2 is 2.00 bits per heavy atom. The average molecular weight is 368 g/mol. The molecule has 6 nitrogen and oxygen atoms in total. The third kappa shape index (κ3) is 4.22. The van der Waals surface area contributed by atoms with E-state index < -0.39 is 0 Å². The van der Waals surface area contributed by atoms with Gasteiger partial charge in [-0.3, -0.25) is 14.4 Å². The summed E-state index contributed by atoms with van der Waals surface area (Å²) in [7, 11) is 0. The van der Waals surface area contributed by atoms with Gasteiger partial charge in [0, 0.05) is 45.1 Å². The van der Waals surface area contributed by atoms with Gasteiger partial charge in [0.15, 0.2) is 0 Å². The first-order valence-corrected chi connectivity index (χ1v) is 9.97. The van der Waals surface area contributed by atoms with Crippen molar-refractivity contribution in [2.45, 2.75) is 51.2 Å². The lowest BCUT2D eigenvalue weighted by molar-refractivity contribution is -0.121. The predicted octanol–water partition coefficient (Wildman–Crippen LogP) is 1.30. The molecule has 2 aromatic rings. The van der Waals surface area contributed by atoms with Crippen LogP contribution in [0.15, 0.2) is 30.3 Å². The Bertz CT molecular complexity index is 776. The highest BCUT2D eigenvalue weighted by Crippen LogP contribution is 2.27. The molecule has 0 atom stereocenters. The van der Waals surface area contributed by atoms with Crippen LogP contribution in [0, 0.1) is 0 Å². The lowest BCUT2D eigenvalue weighted by Gasteiger charge is -2.26. The maximum atomic E-state index is 11.7. The number of benzene rings is 1. The van der Waals surface area contributed by atoms with Gasteiger partial charge in [-0.15, -0.1) is 0 Å². The molecule has 0 fully saturated rings. The molecule has 2 N–H and O–H groups in total. The van der Waals surface area contributed by atoms with Gasteiger partial charge in [0.05, 0.1) is 18.0 Å². The smallest absolute Gasteiger partial charge is 0.220 e. The molecule has 144 valence electrons. The molecule has 1 aromatic carbocycles. The lowest BCUT2D eigenvalue weighted by atomic mass is 10.1. The van der Waals surface area contributed by atoms with Crippen LogP contribution in [0.2, 0.25) is 0 Å². The third-order valence-electron chi connectivity index (χ3n) is 5.68. The quantitative estimate of drug-likeness (QED) is 0.806. The molecule has 1 aliphatic heterocycles. The molecule has 6 heteroatoms. The fourth-order valence-corrected chi connectivity index (χ4v) is 4.30. The second kappa shape index (κ2) is 8.23. The van der Waals surface area contributed by atoms with E-state index >= 15 is 0 Å². The van der Waals surface area contributed by atoms with Crippen LogP contribution in [0.3, 0.4) is 0 Å². The van der Waals surface area contributed by atoms with Gasteiger partial charge in [0.2, 0.25) is 5.91 Å². The predicted molar refractivity (Wildman–Crippen MR) is 103 cm³/mol. The van der Waals surface area contributed by atoms with Crippen LogP contribution < -0.4 is 5.32 Å². The summed E-state index contributed by atoms with van der Waals surface area (Å²) in [5.41, 5.74) is 5.24. The molecule has 0 saturated heterocycles. The molecule has 4 rings (SSSR count). The molecule has 0 unspecified atom stereocenters. The van der Waals surface area contributed by atoms with Gasteiger partial charge in [-0.25, -0.2) is 0 Å². The highest BCUT2D eigenvalue weighted by atomic mass is 16.3. The van der Waals surface area contributed by atoms with Crippen LogP contribution in [0.5, 0.6) is 0 Å². The van der Waals surface area contributed by atoms with E-state index in [1.165, 1.54) is 16.8 Å². The fraction of sp³-hybridized carbons (Fsp3) is 0.524. The maximum absolute atomic E-state index is 11.7. The molecule has 0 spiro atoms. The average Bonchev–Trinajstić information content (AvgIpc) is 3.23. The van der Waals surface area contributed by atoms with Gasteiger partial charge in [0.25, 0.3) is 0 Å². The number of aryl methyl sites for hydroxylation is 2. The molecular weight excluding hydrogens is 340 g/mol. The minimum atomic E-state index is -0.0300. The minimum Gasteiger partial charge on any atom is -0.395 e. The third-order valence-corrected chi connectivity index (χ3v) is 5.68. The zero-order valence-electron chi connectivity index (χ0n) is 15.7. The van der Waals surface area contributed by atoms with Gasteiger partial charge in [-0.05, 0) is 36.5 Å². The maximum Gasteiger partial charge on any atom is 0.220 e. The summed E-state index contributed by atoms with van der Waals surface area (Å²) in [4.78, 5) is 14.4. The van der Waals surface area contributed by atoms with Crippen LogP contribution in [-0.4, -0.2) is 51.4 Å². The first-order valence-electron chi connectivity index (χ1n) is 9.97. The first kappa shape index (κ1) is 18.2. The number of nitrogens with zero attached hydrogens (tertiary/aromatic N) is 3. The van der Waals surface area contributed by atoms with E-state index in [1.807, 2.05) is 0 Å². The largest absolute Gasteiger partial charge is 0.395 e. The number of aromatic nitrogens is 2.